The minimum Gasteiger partial charge on any atom is -0.348 e. The molecule has 0 aliphatic carbocycles. The van der Waals surface area contributed by atoms with Gasteiger partial charge in [0.15, 0.2) is 10.3 Å². The van der Waals surface area contributed by atoms with Gasteiger partial charge < -0.3 is 10.2 Å². The van der Waals surface area contributed by atoms with Gasteiger partial charge in [0.2, 0.25) is 0 Å². The van der Waals surface area contributed by atoms with Crippen molar-refractivity contribution in [2.24, 2.45) is 5.92 Å². The molecule has 0 bridgehead atoms. The van der Waals surface area contributed by atoms with E-state index in [-0.39, 0.29) is 0 Å². The molecule has 1 N–H and O–H groups in total. The number of hydrogen-bond acceptors (Lipinski definition) is 5. The summed E-state index contributed by atoms with van der Waals surface area (Å²) in [5, 5.41) is 13.2. The topological polar surface area (TPSA) is 52.0 Å². The van der Waals surface area contributed by atoms with Gasteiger partial charge in [-0.2, -0.15) is 5.26 Å². The highest BCUT2D eigenvalue weighted by molar-refractivity contribution is 7.16. The summed E-state index contributed by atoms with van der Waals surface area (Å²) < 4.78 is 0. The lowest BCUT2D eigenvalue weighted by molar-refractivity contribution is 0.549. The van der Waals surface area contributed by atoms with Crippen molar-refractivity contribution < 1.29 is 0 Å². The van der Waals surface area contributed by atoms with Crippen LogP contribution in [0.2, 0.25) is 5.15 Å². The van der Waals surface area contributed by atoms with Crippen LogP contribution in [0, 0.1) is 17.2 Å². The fourth-order valence-corrected chi connectivity index (χ4v) is 3.03. The summed E-state index contributed by atoms with van der Waals surface area (Å²) in [6, 6.07) is 2.06. The van der Waals surface area contributed by atoms with Gasteiger partial charge in [-0.25, -0.2) is 4.98 Å². The quantitative estimate of drug-likeness (QED) is 0.895. The fourth-order valence-electron chi connectivity index (χ4n) is 1.96. The highest BCUT2D eigenvalue weighted by Gasteiger charge is 2.25. The smallest absolute Gasteiger partial charge is 0.188 e. The lowest BCUT2D eigenvalue weighted by Gasteiger charge is -2.14. The number of hydrogen-bond donors (Lipinski definition) is 1. The molecular weight excluding hydrogens is 244 g/mol. The normalized spacial score (nSPS) is 20.1. The molecule has 1 aromatic rings. The summed E-state index contributed by atoms with van der Waals surface area (Å²) in [7, 11) is 1.97. The molecule has 1 saturated heterocycles. The Morgan fingerprint density at radius 2 is 2.56 bits per heavy atom. The van der Waals surface area contributed by atoms with Gasteiger partial charge in [0.25, 0.3) is 0 Å². The third-order valence-electron chi connectivity index (χ3n) is 2.73. The second kappa shape index (κ2) is 5.00. The Bertz CT molecular complexity index is 411. The van der Waals surface area contributed by atoms with Crippen molar-refractivity contribution in [2.45, 2.75) is 6.42 Å². The minimum absolute atomic E-state index is 0.333. The van der Waals surface area contributed by atoms with Gasteiger partial charge in [-0.15, -0.1) is 0 Å². The molecule has 1 atom stereocenters. The van der Waals surface area contributed by atoms with Crippen LogP contribution >= 0.6 is 22.9 Å². The Kier molecular flexibility index (Phi) is 3.64. The lowest BCUT2D eigenvalue weighted by Crippen LogP contribution is -2.24. The Morgan fingerprint density at radius 3 is 3.19 bits per heavy atom. The second-order valence-corrected chi connectivity index (χ2v) is 5.22. The van der Waals surface area contributed by atoms with Crippen LogP contribution in [0.4, 0.5) is 5.13 Å². The standard InChI is InChI=1S/C10H13ClN4S/c1-13-5-7-2-3-15(6-7)10-14-9(11)8(4-12)16-10/h7,13H,2-3,5-6H2,1H3. The van der Waals surface area contributed by atoms with Gasteiger partial charge in [-0.1, -0.05) is 22.9 Å². The summed E-state index contributed by atoms with van der Waals surface area (Å²) in [4.78, 5) is 6.94. The molecule has 2 rings (SSSR count). The first-order valence-electron chi connectivity index (χ1n) is 5.20. The minimum atomic E-state index is 0.333. The highest BCUT2D eigenvalue weighted by Crippen LogP contribution is 2.31. The average molecular weight is 257 g/mol. The van der Waals surface area contributed by atoms with E-state index in [1.807, 2.05) is 7.05 Å². The van der Waals surface area contributed by atoms with Crippen LogP contribution in [0.5, 0.6) is 0 Å². The summed E-state index contributed by atoms with van der Waals surface area (Å²) in [6.07, 6.45) is 1.17. The molecule has 1 aliphatic rings. The van der Waals surface area contributed by atoms with Gasteiger partial charge >= 0.3 is 0 Å². The summed E-state index contributed by atoms with van der Waals surface area (Å²) >= 11 is 7.24. The zero-order valence-corrected chi connectivity index (χ0v) is 10.6. The van der Waals surface area contributed by atoms with Crippen molar-refractivity contribution in [1.29, 1.82) is 5.26 Å². The lowest BCUT2D eigenvalue weighted by atomic mass is 10.1. The third kappa shape index (κ3) is 2.29. The first-order valence-corrected chi connectivity index (χ1v) is 6.40. The molecule has 6 heteroatoms. The molecule has 0 aromatic carbocycles. The van der Waals surface area contributed by atoms with Gasteiger partial charge in [-0.3, -0.25) is 0 Å². The zero-order chi connectivity index (χ0) is 11.5. The van der Waals surface area contributed by atoms with E-state index in [0.29, 0.717) is 15.9 Å². The highest BCUT2D eigenvalue weighted by atomic mass is 35.5. The maximum absolute atomic E-state index is 8.82. The molecule has 1 unspecified atom stereocenters. The van der Waals surface area contributed by atoms with E-state index < -0.39 is 0 Å². The monoisotopic (exact) mass is 256 g/mol. The van der Waals surface area contributed by atoms with Crippen molar-refractivity contribution in [1.82, 2.24) is 10.3 Å². The molecule has 0 radical (unpaired) electrons. The van der Waals surface area contributed by atoms with Crippen molar-refractivity contribution in [3.63, 3.8) is 0 Å². The molecule has 2 heterocycles. The van der Waals surface area contributed by atoms with E-state index in [9.17, 15) is 0 Å². The van der Waals surface area contributed by atoms with E-state index in [1.165, 1.54) is 17.8 Å². The second-order valence-electron chi connectivity index (χ2n) is 3.89. The molecule has 0 spiro atoms. The van der Waals surface area contributed by atoms with Gasteiger partial charge in [0.1, 0.15) is 10.9 Å². The van der Waals surface area contributed by atoms with Crippen LogP contribution in [0.15, 0.2) is 0 Å². The molecule has 4 nitrogen and oxygen atoms in total. The largest absolute Gasteiger partial charge is 0.348 e. The summed E-state index contributed by atoms with van der Waals surface area (Å²) in [5.41, 5.74) is 0. The van der Waals surface area contributed by atoms with Gasteiger partial charge in [0, 0.05) is 13.1 Å². The van der Waals surface area contributed by atoms with E-state index in [0.717, 1.165) is 24.8 Å². The van der Waals surface area contributed by atoms with Crippen LogP contribution in [-0.4, -0.2) is 31.7 Å². The van der Waals surface area contributed by atoms with Crippen molar-refractivity contribution in [2.75, 3.05) is 31.6 Å². The Hall–Kier alpha value is -0.830. The number of nitrogens with one attached hydrogen (secondary N) is 1. The van der Waals surface area contributed by atoms with Crippen molar-refractivity contribution in [3.05, 3.63) is 10.0 Å². The first kappa shape index (κ1) is 11.6. The van der Waals surface area contributed by atoms with E-state index >= 15 is 0 Å². The SMILES string of the molecule is CNCC1CCN(c2nc(Cl)c(C#N)s2)C1. The first-order chi connectivity index (χ1) is 7.74. The van der Waals surface area contributed by atoms with Crippen molar-refractivity contribution in [3.8, 4) is 6.07 Å². The zero-order valence-electron chi connectivity index (χ0n) is 9.03. The average Bonchev–Trinajstić information content (AvgIpc) is 2.85. The molecular formula is C10H13ClN4S. The number of halogens is 1. The Balaban J connectivity index is 2.06. The number of anilines is 1. The molecule has 1 aromatic heterocycles. The summed E-state index contributed by atoms with van der Waals surface area (Å²) in [5.74, 6) is 0.665. The Morgan fingerprint density at radius 1 is 1.75 bits per heavy atom. The number of nitrogens with zero attached hydrogens (tertiary/aromatic N) is 3. The number of thiazole rings is 1. The predicted octanol–water partition coefficient (Wildman–Crippen LogP) is 1.71. The Labute approximate surface area is 104 Å². The molecule has 0 saturated carbocycles. The van der Waals surface area contributed by atoms with Crippen LogP contribution in [0.3, 0.4) is 0 Å². The molecule has 0 amide bonds. The number of aromatic nitrogens is 1. The van der Waals surface area contributed by atoms with Crippen LogP contribution < -0.4 is 10.2 Å². The number of rotatable bonds is 3. The van der Waals surface area contributed by atoms with Gasteiger partial charge in [-0.05, 0) is 25.9 Å². The fraction of sp³-hybridized carbons (Fsp3) is 0.600. The predicted molar refractivity (Wildman–Crippen MR) is 66.1 cm³/mol. The van der Waals surface area contributed by atoms with Crippen LogP contribution in [-0.2, 0) is 0 Å². The van der Waals surface area contributed by atoms with E-state index in [1.54, 1.807) is 0 Å². The molecule has 16 heavy (non-hydrogen) atoms. The van der Waals surface area contributed by atoms with E-state index in [2.05, 4.69) is 21.3 Å². The van der Waals surface area contributed by atoms with Crippen LogP contribution in [0.1, 0.15) is 11.3 Å². The van der Waals surface area contributed by atoms with E-state index in [4.69, 9.17) is 16.9 Å². The molecule has 1 fully saturated rings. The number of nitriles is 1. The van der Waals surface area contributed by atoms with Crippen LogP contribution in [0.25, 0.3) is 0 Å². The van der Waals surface area contributed by atoms with Gasteiger partial charge in [0.05, 0.1) is 0 Å². The maximum Gasteiger partial charge on any atom is 0.188 e. The molecule has 1 aliphatic heterocycles. The maximum atomic E-state index is 8.82. The molecule has 86 valence electrons. The summed E-state index contributed by atoms with van der Waals surface area (Å²) in [6.45, 7) is 3.03. The third-order valence-corrected chi connectivity index (χ3v) is 4.13. The van der Waals surface area contributed by atoms with Crippen molar-refractivity contribution >= 4 is 28.1 Å².